The van der Waals surface area contributed by atoms with Crippen molar-refractivity contribution < 1.29 is 4.79 Å². The second-order valence-corrected chi connectivity index (χ2v) is 5.49. The Balaban J connectivity index is 1.95. The van der Waals surface area contributed by atoms with Gasteiger partial charge in [-0.1, -0.05) is 42.5 Å². The highest BCUT2D eigenvalue weighted by molar-refractivity contribution is 5.84. The Bertz CT molecular complexity index is 591. The summed E-state index contributed by atoms with van der Waals surface area (Å²) in [6.45, 7) is 2.42. The minimum atomic E-state index is -1.01. The van der Waals surface area contributed by atoms with Gasteiger partial charge >= 0.3 is 0 Å². The summed E-state index contributed by atoms with van der Waals surface area (Å²) in [6.07, 6.45) is 0.432. The molecular formula is C17H21N3O. The van der Waals surface area contributed by atoms with Gasteiger partial charge < -0.3 is 16.8 Å². The Morgan fingerprint density at radius 1 is 1.05 bits per heavy atom. The van der Waals surface area contributed by atoms with Gasteiger partial charge in [0.25, 0.3) is 0 Å². The number of amides is 1. The number of nitrogens with one attached hydrogen (secondary N) is 1. The van der Waals surface area contributed by atoms with E-state index in [-0.39, 0.29) is 0 Å². The van der Waals surface area contributed by atoms with Crippen LogP contribution in [-0.4, -0.2) is 11.4 Å². The van der Waals surface area contributed by atoms with Crippen LogP contribution in [0.15, 0.2) is 54.6 Å². The van der Waals surface area contributed by atoms with Crippen molar-refractivity contribution in [3.8, 4) is 0 Å². The molecule has 1 atom stereocenters. The van der Waals surface area contributed by atoms with Crippen molar-refractivity contribution in [3.05, 3.63) is 65.7 Å². The molecule has 1 amide bonds. The molecule has 0 saturated carbocycles. The number of primary amides is 1. The molecular weight excluding hydrogens is 262 g/mol. The number of rotatable bonds is 6. The molecule has 0 saturated heterocycles. The van der Waals surface area contributed by atoms with Gasteiger partial charge in [0, 0.05) is 12.2 Å². The topological polar surface area (TPSA) is 81.1 Å². The summed E-state index contributed by atoms with van der Waals surface area (Å²) in [5.74, 6) is -0.492. The molecule has 5 N–H and O–H groups in total. The minimum Gasteiger partial charge on any atom is -0.381 e. The monoisotopic (exact) mass is 283 g/mol. The molecule has 110 valence electrons. The van der Waals surface area contributed by atoms with Crippen molar-refractivity contribution in [3.63, 3.8) is 0 Å². The van der Waals surface area contributed by atoms with Crippen molar-refractivity contribution in [2.45, 2.75) is 25.4 Å². The van der Waals surface area contributed by atoms with E-state index in [1.807, 2.05) is 42.5 Å². The second kappa shape index (κ2) is 6.41. The molecule has 4 heteroatoms. The number of benzene rings is 2. The molecule has 4 nitrogen and oxygen atoms in total. The Hall–Kier alpha value is -2.33. The van der Waals surface area contributed by atoms with E-state index in [0.29, 0.717) is 6.42 Å². The van der Waals surface area contributed by atoms with Gasteiger partial charge in [-0.05, 0) is 36.6 Å². The van der Waals surface area contributed by atoms with Crippen LogP contribution in [0, 0.1) is 0 Å². The maximum absolute atomic E-state index is 11.2. The van der Waals surface area contributed by atoms with E-state index in [2.05, 4.69) is 17.4 Å². The highest BCUT2D eigenvalue weighted by Crippen LogP contribution is 2.15. The lowest BCUT2D eigenvalue weighted by Crippen LogP contribution is -2.51. The first-order valence-corrected chi connectivity index (χ1v) is 6.93. The van der Waals surface area contributed by atoms with Crippen molar-refractivity contribution in [2.75, 3.05) is 5.32 Å². The maximum Gasteiger partial charge on any atom is 0.237 e. The van der Waals surface area contributed by atoms with Crippen LogP contribution in [-0.2, 0) is 17.8 Å². The van der Waals surface area contributed by atoms with E-state index in [1.54, 1.807) is 6.92 Å². The quantitative estimate of drug-likeness (QED) is 0.759. The fourth-order valence-corrected chi connectivity index (χ4v) is 2.05. The van der Waals surface area contributed by atoms with Crippen molar-refractivity contribution >= 4 is 11.6 Å². The zero-order chi connectivity index (χ0) is 15.3. The fourth-order valence-electron chi connectivity index (χ4n) is 2.05. The SMILES string of the molecule is CC(N)(Cc1ccc(NCc2ccccc2)cc1)C(N)=O. The average Bonchev–Trinajstić information content (AvgIpc) is 2.47. The molecule has 0 aliphatic rings. The minimum absolute atomic E-state index is 0.432. The van der Waals surface area contributed by atoms with Crippen LogP contribution in [0.5, 0.6) is 0 Å². The first-order chi connectivity index (χ1) is 9.97. The maximum atomic E-state index is 11.2. The summed E-state index contributed by atoms with van der Waals surface area (Å²) in [5, 5.41) is 3.35. The summed E-state index contributed by atoms with van der Waals surface area (Å²) >= 11 is 0. The largest absolute Gasteiger partial charge is 0.381 e. The van der Waals surface area contributed by atoms with Crippen molar-refractivity contribution in [1.29, 1.82) is 0 Å². The lowest BCUT2D eigenvalue weighted by atomic mass is 9.93. The van der Waals surface area contributed by atoms with Crippen LogP contribution >= 0.6 is 0 Å². The Labute approximate surface area is 125 Å². The van der Waals surface area contributed by atoms with Crippen LogP contribution in [0.1, 0.15) is 18.1 Å². The molecule has 1 unspecified atom stereocenters. The van der Waals surface area contributed by atoms with Crippen LogP contribution < -0.4 is 16.8 Å². The third-order valence-electron chi connectivity index (χ3n) is 3.43. The fraction of sp³-hybridized carbons (Fsp3) is 0.235. The Kier molecular flexibility index (Phi) is 4.60. The predicted octanol–water partition coefficient (Wildman–Crippen LogP) is 2.04. The van der Waals surface area contributed by atoms with Gasteiger partial charge in [-0.2, -0.15) is 0 Å². The smallest absolute Gasteiger partial charge is 0.237 e. The third kappa shape index (κ3) is 4.33. The molecule has 0 bridgehead atoms. The van der Waals surface area contributed by atoms with Gasteiger partial charge in [-0.15, -0.1) is 0 Å². The molecule has 0 heterocycles. The highest BCUT2D eigenvalue weighted by atomic mass is 16.1. The molecule has 2 aromatic rings. The predicted molar refractivity (Wildman–Crippen MR) is 85.7 cm³/mol. The first kappa shape index (κ1) is 15.1. The van der Waals surface area contributed by atoms with E-state index >= 15 is 0 Å². The van der Waals surface area contributed by atoms with Gasteiger partial charge in [0.2, 0.25) is 5.91 Å². The molecule has 0 fully saturated rings. The van der Waals surface area contributed by atoms with Gasteiger partial charge in [0.1, 0.15) is 0 Å². The standard InChI is InChI=1S/C17H21N3O/c1-17(19,16(18)21)11-13-7-9-15(10-8-13)20-12-14-5-3-2-4-6-14/h2-10,20H,11-12,19H2,1H3,(H2,18,21). The van der Waals surface area contributed by atoms with Crippen LogP contribution in [0.25, 0.3) is 0 Å². The number of carbonyl (C=O) groups excluding carboxylic acids is 1. The molecule has 0 spiro atoms. The summed E-state index contributed by atoms with van der Waals surface area (Å²) in [7, 11) is 0. The van der Waals surface area contributed by atoms with Crippen molar-refractivity contribution in [1.82, 2.24) is 0 Å². The number of hydrogen-bond acceptors (Lipinski definition) is 3. The van der Waals surface area contributed by atoms with E-state index < -0.39 is 11.4 Å². The zero-order valence-corrected chi connectivity index (χ0v) is 12.2. The lowest BCUT2D eigenvalue weighted by molar-refractivity contribution is -0.122. The van der Waals surface area contributed by atoms with Crippen LogP contribution in [0.4, 0.5) is 5.69 Å². The van der Waals surface area contributed by atoms with E-state index in [1.165, 1.54) is 5.56 Å². The van der Waals surface area contributed by atoms with Gasteiger partial charge in [-0.25, -0.2) is 0 Å². The number of carbonyl (C=O) groups is 1. The van der Waals surface area contributed by atoms with E-state index in [9.17, 15) is 4.79 Å². The Morgan fingerprint density at radius 3 is 2.24 bits per heavy atom. The highest BCUT2D eigenvalue weighted by Gasteiger charge is 2.25. The van der Waals surface area contributed by atoms with Crippen molar-refractivity contribution in [2.24, 2.45) is 11.5 Å². The Morgan fingerprint density at radius 2 is 1.67 bits per heavy atom. The molecule has 0 radical (unpaired) electrons. The zero-order valence-electron chi connectivity index (χ0n) is 12.2. The summed E-state index contributed by atoms with van der Waals surface area (Å²) in [6, 6.07) is 18.1. The number of nitrogens with two attached hydrogens (primary N) is 2. The third-order valence-corrected chi connectivity index (χ3v) is 3.43. The molecule has 2 rings (SSSR count). The first-order valence-electron chi connectivity index (χ1n) is 6.93. The normalized spacial score (nSPS) is 13.4. The second-order valence-electron chi connectivity index (χ2n) is 5.49. The van der Waals surface area contributed by atoms with Gasteiger partial charge in [0.05, 0.1) is 5.54 Å². The molecule has 0 aliphatic carbocycles. The summed E-state index contributed by atoms with van der Waals surface area (Å²) in [5.41, 5.74) is 13.4. The molecule has 21 heavy (non-hydrogen) atoms. The average molecular weight is 283 g/mol. The van der Waals surface area contributed by atoms with Crippen LogP contribution in [0.3, 0.4) is 0 Å². The van der Waals surface area contributed by atoms with E-state index in [4.69, 9.17) is 11.5 Å². The van der Waals surface area contributed by atoms with E-state index in [0.717, 1.165) is 17.8 Å². The van der Waals surface area contributed by atoms with Gasteiger partial charge in [-0.3, -0.25) is 4.79 Å². The van der Waals surface area contributed by atoms with Crippen LogP contribution in [0.2, 0.25) is 0 Å². The molecule has 0 aromatic heterocycles. The molecule has 2 aromatic carbocycles. The summed E-state index contributed by atoms with van der Waals surface area (Å²) < 4.78 is 0. The number of anilines is 1. The van der Waals surface area contributed by atoms with Gasteiger partial charge in [0.15, 0.2) is 0 Å². The lowest BCUT2D eigenvalue weighted by Gasteiger charge is -2.20. The molecule has 0 aliphatic heterocycles. The number of hydrogen-bond donors (Lipinski definition) is 3. The summed E-state index contributed by atoms with van der Waals surface area (Å²) in [4.78, 5) is 11.2.